The molecule has 0 bridgehead atoms. The topological polar surface area (TPSA) is 64.1 Å². The van der Waals surface area contributed by atoms with E-state index in [2.05, 4.69) is 24.8 Å². The average molecular weight is 366 g/mol. The third-order valence-electron chi connectivity index (χ3n) is 5.26. The highest BCUT2D eigenvalue weighted by molar-refractivity contribution is 5.79. The van der Waals surface area contributed by atoms with Gasteiger partial charge in [0.15, 0.2) is 0 Å². The van der Waals surface area contributed by atoms with Crippen LogP contribution in [0.4, 0.5) is 0 Å². The number of carbonyl (C=O) groups is 2. The van der Waals surface area contributed by atoms with Crippen LogP contribution >= 0.6 is 0 Å². The fourth-order valence-electron chi connectivity index (χ4n) is 3.77. The summed E-state index contributed by atoms with van der Waals surface area (Å²) in [4.78, 5) is 30.6. The number of hydrogen-bond donors (Lipinski definition) is 1. The van der Waals surface area contributed by atoms with Crippen molar-refractivity contribution in [1.29, 1.82) is 0 Å². The standard InChI is InChI=1S/C20H35N3O3/c1-3-4-9-21(11-6-13-24)20(26)16-23-15-17(2)14-18(23)8-12-22-10-5-7-19(22)25/h8,17,24H,3-7,9-16H2,1-2H3/b18-8+. The summed E-state index contributed by atoms with van der Waals surface area (Å²) in [6, 6.07) is 0. The molecular weight excluding hydrogens is 330 g/mol. The minimum absolute atomic E-state index is 0.117. The predicted octanol–water partition coefficient (Wildman–Crippen LogP) is 1.85. The first kappa shape index (κ1) is 20.7. The second kappa shape index (κ2) is 10.6. The zero-order chi connectivity index (χ0) is 18.9. The summed E-state index contributed by atoms with van der Waals surface area (Å²) < 4.78 is 0. The van der Waals surface area contributed by atoms with Gasteiger partial charge in [-0.2, -0.15) is 0 Å². The van der Waals surface area contributed by atoms with Gasteiger partial charge in [0.2, 0.25) is 11.8 Å². The van der Waals surface area contributed by atoms with E-state index < -0.39 is 0 Å². The number of hydrogen-bond acceptors (Lipinski definition) is 4. The summed E-state index contributed by atoms with van der Waals surface area (Å²) in [7, 11) is 0. The number of likely N-dealkylation sites (tertiary alicyclic amines) is 2. The minimum Gasteiger partial charge on any atom is -0.396 e. The number of aliphatic hydroxyl groups is 1. The molecule has 2 amide bonds. The Morgan fingerprint density at radius 2 is 2.08 bits per heavy atom. The smallest absolute Gasteiger partial charge is 0.242 e. The lowest BCUT2D eigenvalue weighted by atomic mass is 10.1. The molecule has 6 heteroatoms. The molecule has 0 aliphatic carbocycles. The molecule has 2 aliphatic heterocycles. The van der Waals surface area contributed by atoms with Crippen molar-refractivity contribution < 1.29 is 14.7 Å². The van der Waals surface area contributed by atoms with Gasteiger partial charge in [-0.3, -0.25) is 9.59 Å². The Bertz CT molecular complexity index is 499. The summed E-state index contributed by atoms with van der Waals surface area (Å²) in [6.07, 6.45) is 7.42. The Morgan fingerprint density at radius 1 is 1.31 bits per heavy atom. The van der Waals surface area contributed by atoms with Crippen LogP contribution in [0.1, 0.15) is 52.4 Å². The molecule has 1 unspecified atom stereocenters. The molecule has 2 heterocycles. The highest BCUT2D eigenvalue weighted by atomic mass is 16.3. The van der Waals surface area contributed by atoms with Crippen molar-refractivity contribution in [1.82, 2.24) is 14.7 Å². The molecule has 2 rings (SSSR count). The summed E-state index contributed by atoms with van der Waals surface area (Å²) >= 11 is 0. The fourth-order valence-corrected chi connectivity index (χ4v) is 3.77. The van der Waals surface area contributed by atoms with E-state index in [1.165, 1.54) is 5.70 Å². The molecule has 2 aliphatic rings. The fraction of sp³-hybridized carbons (Fsp3) is 0.800. The van der Waals surface area contributed by atoms with Crippen LogP contribution in [0.3, 0.4) is 0 Å². The molecule has 0 aromatic rings. The lowest BCUT2D eigenvalue weighted by molar-refractivity contribution is -0.132. The monoisotopic (exact) mass is 365 g/mol. The van der Waals surface area contributed by atoms with Gasteiger partial charge < -0.3 is 19.8 Å². The first-order valence-corrected chi connectivity index (χ1v) is 10.2. The van der Waals surface area contributed by atoms with Gasteiger partial charge in [0.25, 0.3) is 0 Å². The maximum atomic E-state index is 12.8. The lowest BCUT2D eigenvalue weighted by Gasteiger charge is -2.27. The normalized spacial score (nSPS) is 21.9. The summed E-state index contributed by atoms with van der Waals surface area (Å²) in [5, 5.41) is 9.09. The zero-order valence-corrected chi connectivity index (χ0v) is 16.5. The van der Waals surface area contributed by atoms with E-state index in [0.29, 0.717) is 38.4 Å². The van der Waals surface area contributed by atoms with Crippen LogP contribution in [0.15, 0.2) is 11.8 Å². The van der Waals surface area contributed by atoms with Gasteiger partial charge in [0.05, 0.1) is 6.54 Å². The minimum atomic E-state index is 0.117. The van der Waals surface area contributed by atoms with Gasteiger partial charge in [0, 0.05) is 51.4 Å². The molecule has 0 spiro atoms. The number of carbonyl (C=O) groups excluding carboxylic acids is 2. The van der Waals surface area contributed by atoms with Crippen molar-refractivity contribution in [3.05, 3.63) is 11.8 Å². The average Bonchev–Trinajstić information content (AvgIpc) is 3.18. The molecule has 6 nitrogen and oxygen atoms in total. The van der Waals surface area contributed by atoms with Crippen molar-refractivity contribution in [2.45, 2.75) is 52.4 Å². The molecule has 0 radical (unpaired) electrons. The van der Waals surface area contributed by atoms with E-state index in [-0.39, 0.29) is 18.4 Å². The predicted molar refractivity (Wildman–Crippen MR) is 102 cm³/mol. The quantitative estimate of drug-likeness (QED) is 0.642. The lowest BCUT2D eigenvalue weighted by Crippen LogP contribution is -2.40. The molecule has 0 aromatic heterocycles. The maximum absolute atomic E-state index is 12.8. The highest BCUT2D eigenvalue weighted by Gasteiger charge is 2.27. The van der Waals surface area contributed by atoms with E-state index in [1.807, 2.05) is 9.80 Å². The Hall–Kier alpha value is -1.56. The van der Waals surface area contributed by atoms with E-state index >= 15 is 0 Å². The van der Waals surface area contributed by atoms with Crippen LogP contribution in [-0.4, -0.2) is 77.5 Å². The molecule has 0 saturated carbocycles. The molecule has 2 fully saturated rings. The third-order valence-corrected chi connectivity index (χ3v) is 5.26. The number of allylic oxidation sites excluding steroid dienone is 1. The van der Waals surface area contributed by atoms with E-state index in [0.717, 1.165) is 45.3 Å². The van der Waals surface area contributed by atoms with Gasteiger partial charge in [-0.25, -0.2) is 0 Å². The van der Waals surface area contributed by atoms with E-state index in [4.69, 9.17) is 5.11 Å². The van der Waals surface area contributed by atoms with E-state index in [9.17, 15) is 9.59 Å². The molecule has 0 aromatic carbocycles. The first-order chi connectivity index (χ1) is 12.5. The van der Waals surface area contributed by atoms with Crippen molar-refractivity contribution >= 4 is 11.8 Å². The Morgan fingerprint density at radius 3 is 2.73 bits per heavy atom. The van der Waals surface area contributed by atoms with Crippen molar-refractivity contribution in [3.63, 3.8) is 0 Å². The van der Waals surface area contributed by atoms with Crippen LogP contribution in [0.5, 0.6) is 0 Å². The van der Waals surface area contributed by atoms with Gasteiger partial charge in [-0.05, 0) is 37.7 Å². The SMILES string of the molecule is CCCCN(CCCO)C(=O)CN1CC(C)C/C1=C\CN1CCCC1=O. The molecule has 1 atom stereocenters. The van der Waals surface area contributed by atoms with Crippen molar-refractivity contribution in [2.24, 2.45) is 5.92 Å². The first-order valence-electron chi connectivity index (χ1n) is 10.2. The largest absolute Gasteiger partial charge is 0.396 e. The molecule has 26 heavy (non-hydrogen) atoms. The summed E-state index contributed by atoms with van der Waals surface area (Å²) in [5.74, 6) is 0.916. The number of rotatable bonds is 10. The van der Waals surface area contributed by atoms with Crippen molar-refractivity contribution in [3.8, 4) is 0 Å². The molecule has 2 saturated heterocycles. The number of aliphatic hydroxyl groups excluding tert-OH is 1. The molecular formula is C20H35N3O3. The van der Waals surface area contributed by atoms with Crippen LogP contribution in [-0.2, 0) is 9.59 Å². The van der Waals surface area contributed by atoms with Crippen molar-refractivity contribution in [2.75, 3.05) is 45.9 Å². The highest BCUT2D eigenvalue weighted by Crippen LogP contribution is 2.26. The van der Waals surface area contributed by atoms with Crippen LogP contribution in [0, 0.1) is 5.92 Å². The Labute approximate surface area is 157 Å². The number of amides is 2. The number of nitrogens with zero attached hydrogens (tertiary/aromatic N) is 3. The second-order valence-electron chi connectivity index (χ2n) is 7.64. The number of unbranched alkanes of at least 4 members (excludes halogenated alkanes) is 1. The van der Waals surface area contributed by atoms with Gasteiger partial charge in [-0.1, -0.05) is 20.3 Å². The third kappa shape index (κ3) is 6.01. The van der Waals surface area contributed by atoms with E-state index in [1.54, 1.807) is 0 Å². The summed E-state index contributed by atoms with van der Waals surface area (Å²) in [5.41, 5.74) is 1.20. The van der Waals surface area contributed by atoms with Crippen LogP contribution in [0.25, 0.3) is 0 Å². The summed E-state index contributed by atoms with van der Waals surface area (Å²) in [6.45, 7) is 8.65. The second-order valence-corrected chi connectivity index (χ2v) is 7.64. The van der Waals surface area contributed by atoms with Gasteiger partial charge in [0.1, 0.15) is 0 Å². The Balaban J connectivity index is 1.94. The van der Waals surface area contributed by atoms with Gasteiger partial charge in [-0.15, -0.1) is 0 Å². The maximum Gasteiger partial charge on any atom is 0.242 e. The van der Waals surface area contributed by atoms with Crippen LogP contribution in [0.2, 0.25) is 0 Å². The Kier molecular flexibility index (Phi) is 8.42. The zero-order valence-electron chi connectivity index (χ0n) is 16.5. The van der Waals surface area contributed by atoms with Crippen LogP contribution < -0.4 is 0 Å². The molecule has 1 N–H and O–H groups in total. The van der Waals surface area contributed by atoms with Gasteiger partial charge >= 0.3 is 0 Å². The molecule has 148 valence electrons.